The summed E-state index contributed by atoms with van der Waals surface area (Å²) in [6.45, 7) is 1.33. The molecule has 0 radical (unpaired) electrons. The second-order valence-electron chi connectivity index (χ2n) is 2.88. The van der Waals surface area contributed by atoms with Gasteiger partial charge in [0.05, 0.1) is 0 Å². The Balaban J connectivity index is 0.00000196. The SMILES string of the molecule is CC(=O)c1ccccc1C(O)C(=O)O.Cl. The molecule has 1 atom stereocenters. The topological polar surface area (TPSA) is 74.6 Å². The lowest BCUT2D eigenvalue weighted by Crippen LogP contribution is -2.13. The van der Waals surface area contributed by atoms with Crippen LogP contribution in [0.25, 0.3) is 0 Å². The summed E-state index contributed by atoms with van der Waals surface area (Å²) in [5.41, 5.74) is 0.370. The lowest BCUT2D eigenvalue weighted by atomic mass is 10.00. The number of carbonyl (C=O) groups is 2. The van der Waals surface area contributed by atoms with Gasteiger partial charge in [0.15, 0.2) is 11.9 Å². The summed E-state index contributed by atoms with van der Waals surface area (Å²) in [7, 11) is 0. The number of carboxylic acid groups (broad SMARTS) is 1. The third kappa shape index (κ3) is 3.04. The normalized spacial score (nSPS) is 11.3. The molecule has 1 aromatic rings. The predicted molar refractivity (Wildman–Crippen MR) is 56.3 cm³/mol. The van der Waals surface area contributed by atoms with Crippen molar-refractivity contribution in [1.29, 1.82) is 0 Å². The molecule has 0 aliphatic rings. The van der Waals surface area contributed by atoms with Crippen molar-refractivity contribution in [1.82, 2.24) is 0 Å². The summed E-state index contributed by atoms with van der Waals surface area (Å²) in [5.74, 6) is -1.63. The van der Waals surface area contributed by atoms with Gasteiger partial charge in [-0.15, -0.1) is 12.4 Å². The van der Waals surface area contributed by atoms with Gasteiger partial charge in [0, 0.05) is 11.1 Å². The van der Waals surface area contributed by atoms with Crippen LogP contribution in [-0.4, -0.2) is 22.0 Å². The maximum absolute atomic E-state index is 11.1. The fourth-order valence-electron chi connectivity index (χ4n) is 1.19. The molecule has 1 rings (SSSR count). The van der Waals surface area contributed by atoms with Gasteiger partial charge in [-0.25, -0.2) is 4.79 Å². The van der Waals surface area contributed by atoms with Crippen molar-refractivity contribution in [3.05, 3.63) is 35.4 Å². The van der Waals surface area contributed by atoms with Crippen LogP contribution in [0.2, 0.25) is 0 Å². The molecule has 0 fully saturated rings. The van der Waals surface area contributed by atoms with Gasteiger partial charge in [-0.05, 0) is 6.92 Å². The van der Waals surface area contributed by atoms with E-state index < -0.39 is 12.1 Å². The fraction of sp³-hybridized carbons (Fsp3) is 0.200. The average Bonchev–Trinajstić information content (AvgIpc) is 2.16. The zero-order valence-electron chi connectivity index (χ0n) is 8.01. The Labute approximate surface area is 93.0 Å². The van der Waals surface area contributed by atoms with Gasteiger partial charge in [-0.3, -0.25) is 4.79 Å². The molecular weight excluding hydrogens is 220 g/mol. The van der Waals surface area contributed by atoms with E-state index in [1.807, 2.05) is 0 Å². The van der Waals surface area contributed by atoms with E-state index in [1.54, 1.807) is 12.1 Å². The van der Waals surface area contributed by atoms with E-state index in [4.69, 9.17) is 5.11 Å². The Hall–Kier alpha value is -1.39. The summed E-state index contributed by atoms with van der Waals surface area (Å²) in [6.07, 6.45) is -1.64. The molecule has 1 unspecified atom stereocenters. The van der Waals surface area contributed by atoms with Crippen LogP contribution in [0.3, 0.4) is 0 Å². The molecule has 0 aliphatic carbocycles. The van der Waals surface area contributed by atoms with Gasteiger partial charge in [0.1, 0.15) is 0 Å². The highest BCUT2D eigenvalue weighted by atomic mass is 35.5. The summed E-state index contributed by atoms with van der Waals surface area (Å²) in [6, 6.07) is 6.11. The van der Waals surface area contributed by atoms with Crippen molar-refractivity contribution < 1.29 is 19.8 Å². The minimum Gasteiger partial charge on any atom is -0.479 e. The number of aliphatic hydroxyl groups excluding tert-OH is 1. The second kappa shape index (κ2) is 5.48. The maximum atomic E-state index is 11.1. The number of halogens is 1. The molecule has 0 spiro atoms. The van der Waals surface area contributed by atoms with Crippen molar-refractivity contribution in [3.8, 4) is 0 Å². The van der Waals surface area contributed by atoms with E-state index in [1.165, 1.54) is 19.1 Å². The molecule has 1 aromatic carbocycles. The van der Waals surface area contributed by atoms with Gasteiger partial charge in [0.25, 0.3) is 0 Å². The van der Waals surface area contributed by atoms with Crippen LogP contribution in [0.15, 0.2) is 24.3 Å². The van der Waals surface area contributed by atoms with Gasteiger partial charge in [-0.1, -0.05) is 24.3 Å². The van der Waals surface area contributed by atoms with E-state index in [2.05, 4.69) is 0 Å². The largest absolute Gasteiger partial charge is 0.479 e. The third-order valence-electron chi connectivity index (χ3n) is 1.87. The average molecular weight is 231 g/mol. The van der Waals surface area contributed by atoms with Crippen molar-refractivity contribution in [2.75, 3.05) is 0 Å². The molecule has 0 aliphatic heterocycles. The highest BCUT2D eigenvalue weighted by Gasteiger charge is 2.20. The van der Waals surface area contributed by atoms with Crippen LogP contribution >= 0.6 is 12.4 Å². The lowest BCUT2D eigenvalue weighted by Gasteiger charge is -2.09. The van der Waals surface area contributed by atoms with Crippen molar-refractivity contribution in [2.24, 2.45) is 0 Å². The minimum atomic E-state index is -1.64. The number of hydrogen-bond donors (Lipinski definition) is 2. The highest BCUT2D eigenvalue weighted by Crippen LogP contribution is 2.18. The summed E-state index contributed by atoms with van der Waals surface area (Å²) in [4.78, 5) is 21.6. The molecule has 0 saturated heterocycles. The van der Waals surface area contributed by atoms with Crippen LogP contribution in [0.4, 0.5) is 0 Å². The molecule has 0 bridgehead atoms. The van der Waals surface area contributed by atoms with E-state index in [-0.39, 0.29) is 29.3 Å². The molecule has 2 N–H and O–H groups in total. The number of ketones is 1. The zero-order valence-corrected chi connectivity index (χ0v) is 8.82. The molecule has 4 nitrogen and oxygen atoms in total. The Morgan fingerprint density at radius 1 is 1.27 bits per heavy atom. The van der Waals surface area contributed by atoms with E-state index >= 15 is 0 Å². The molecule has 82 valence electrons. The molecule has 5 heteroatoms. The van der Waals surface area contributed by atoms with Gasteiger partial charge < -0.3 is 10.2 Å². The summed E-state index contributed by atoms with van der Waals surface area (Å²) < 4.78 is 0. The molecule has 0 amide bonds. The van der Waals surface area contributed by atoms with Crippen LogP contribution in [0, 0.1) is 0 Å². The van der Waals surface area contributed by atoms with Crippen molar-refractivity contribution in [2.45, 2.75) is 13.0 Å². The Morgan fingerprint density at radius 3 is 2.27 bits per heavy atom. The first-order valence-electron chi connectivity index (χ1n) is 4.04. The van der Waals surface area contributed by atoms with Crippen molar-refractivity contribution >= 4 is 24.2 Å². The number of aliphatic carboxylic acids is 1. The number of hydrogen-bond acceptors (Lipinski definition) is 3. The number of Topliss-reactive ketones (excluding diaryl/α,β-unsaturated/α-hetero) is 1. The summed E-state index contributed by atoms with van der Waals surface area (Å²) >= 11 is 0. The third-order valence-corrected chi connectivity index (χ3v) is 1.87. The molecule has 0 heterocycles. The number of carboxylic acids is 1. The first-order chi connectivity index (χ1) is 6.54. The molecule has 15 heavy (non-hydrogen) atoms. The predicted octanol–water partition coefficient (Wildman–Crippen LogP) is 1.43. The Kier molecular flexibility index (Phi) is 4.97. The van der Waals surface area contributed by atoms with Gasteiger partial charge >= 0.3 is 5.97 Å². The highest BCUT2D eigenvalue weighted by molar-refractivity contribution is 5.96. The molecular formula is C10H11ClO4. The number of benzene rings is 1. The Bertz CT molecular complexity index is 375. The monoisotopic (exact) mass is 230 g/mol. The van der Waals surface area contributed by atoms with Gasteiger partial charge in [0.2, 0.25) is 0 Å². The van der Waals surface area contributed by atoms with Crippen LogP contribution < -0.4 is 0 Å². The number of carbonyl (C=O) groups excluding carboxylic acids is 1. The summed E-state index contributed by atoms with van der Waals surface area (Å²) in [5, 5.41) is 17.9. The number of rotatable bonds is 3. The molecule has 0 saturated carbocycles. The van der Waals surface area contributed by atoms with Crippen LogP contribution in [-0.2, 0) is 4.79 Å². The fourth-order valence-corrected chi connectivity index (χ4v) is 1.19. The van der Waals surface area contributed by atoms with E-state index in [0.717, 1.165) is 0 Å². The number of aliphatic hydroxyl groups is 1. The van der Waals surface area contributed by atoms with Crippen molar-refractivity contribution in [3.63, 3.8) is 0 Å². The smallest absolute Gasteiger partial charge is 0.337 e. The maximum Gasteiger partial charge on any atom is 0.337 e. The van der Waals surface area contributed by atoms with Crippen LogP contribution in [0.1, 0.15) is 28.9 Å². The van der Waals surface area contributed by atoms with Crippen LogP contribution in [0.5, 0.6) is 0 Å². The minimum absolute atomic E-state index is 0. The standard InChI is InChI=1S/C10H10O4.ClH/c1-6(11)7-4-2-3-5-8(7)9(12)10(13)14;/h2-5,9,12H,1H3,(H,13,14);1H. The lowest BCUT2D eigenvalue weighted by molar-refractivity contribution is -0.146. The second-order valence-corrected chi connectivity index (χ2v) is 2.88. The van der Waals surface area contributed by atoms with Gasteiger partial charge in [-0.2, -0.15) is 0 Å². The Morgan fingerprint density at radius 2 is 1.80 bits per heavy atom. The molecule has 0 aromatic heterocycles. The van der Waals surface area contributed by atoms with E-state index in [9.17, 15) is 14.7 Å². The van der Waals surface area contributed by atoms with E-state index in [0.29, 0.717) is 0 Å². The zero-order chi connectivity index (χ0) is 10.7. The first-order valence-corrected chi connectivity index (χ1v) is 4.04. The first kappa shape index (κ1) is 13.6. The quantitative estimate of drug-likeness (QED) is 0.771.